The van der Waals surface area contributed by atoms with E-state index in [0.29, 0.717) is 12.1 Å². The van der Waals surface area contributed by atoms with Crippen molar-refractivity contribution in [3.63, 3.8) is 0 Å². The van der Waals surface area contributed by atoms with Crippen LogP contribution in [0.1, 0.15) is 51.9 Å². The highest BCUT2D eigenvalue weighted by atomic mass is 16.3. The molecule has 2 bridgehead atoms. The van der Waals surface area contributed by atoms with Gasteiger partial charge in [0.2, 0.25) is 0 Å². The summed E-state index contributed by atoms with van der Waals surface area (Å²) in [6.07, 6.45) is 8.94. The lowest BCUT2D eigenvalue weighted by molar-refractivity contribution is -0.0827. The molecule has 1 aliphatic carbocycles. The third-order valence-electron chi connectivity index (χ3n) is 4.53. The Bertz CT molecular complexity index is 231. The van der Waals surface area contributed by atoms with Crippen LogP contribution in [0, 0.1) is 5.92 Å². The first kappa shape index (κ1) is 10.1. The van der Waals surface area contributed by atoms with E-state index in [2.05, 4.69) is 4.90 Å². The van der Waals surface area contributed by atoms with Gasteiger partial charge in [-0.1, -0.05) is 6.42 Å². The van der Waals surface area contributed by atoms with Crippen LogP contribution < -0.4 is 0 Å². The van der Waals surface area contributed by atoms with Gasteiger partial charge in [0, 0.05) is 18.6 Å². The van der Waals surface area contributed by atoms with E-state index in [1.165, 1.54) is 38.6 Å². The average Bonchev–Trinajstić information content (AvgIpc) is 2.90. The molecule has 0 amide bonds. The summed E-state index contributed by atoms with van der Waals surface area (Å²) < 4.78 is 0. The average molecular weight is 209 g/mol. The molecule has 0 aromatic rings. The van der Waals surface area contributed by atoms with Gasteiger partial charge in [0.05, 0.1) is 5.60 Å². The molecule has 0 aromatic carbocycles. The van der Waals surface area contributed by atoms with Crippen molar-refractivity contribution in [1.82, 2.24) is 4.90 Å². The molecule has 3 rings (SSSR count). The minimum Gasteiger partial charge on any atom is -0.390 e. The maximum Gasteiger partial charge on any atom is 0.0649 e. The van der Waals surface area contributed by atoms with Crippen molar-refractivity contribution in [3.8, 4) is 0 Å². The Kier molecular flexibility index (Phi) is 2.33. The number of fused-ring (bicyclic) bond motifs is 2. The fourth-order valence-electron chi connectivity index (χ4n) is 3.65. The van der Waals surface area contributed by atoms with Crippen LogP contribution in [0.15, 0.2) is 0 Å². The largest absolute Gasteiger partial charge is 0.390 e. The lowest BCUT2D eigenvalue weighted by Crippen LogP contribution is -2.57. The second kappa shape index (κ2) is 3.46. The minimum atomic E-state index is -0.379. The van der Waals surface area contributed by atoms with E-state index in [9.17, 15) is 5.11 Å². The van der Waals surface area contributed by atoms with E-state index in [4.69, 9.17) is 0 Å². The lowest BCUT2D eigenvalue weighted by atomic mass is 9.76. The van der Waals surface area contributed by atoms with Crippen molar-refractivity contribution in [2.24, 2.45) is 5.92 Å². The number of piperidine rings is 2. The molecule has 1 unspecified atom stereocenters. The third-order valence-corrected chi connectivity index (χ3v) is 4.53. The summed E-state index contributed by atoms with van der Waals surface area (Å²) in [6.45, 7) is 3.36. The molecule has 3 fully saturated rings. The summed E-state index contributed by atoms with van der Waals surface area (Å²) >= 11 is 0. The van der Waals surface area contributed by atoms with Crippen molar-refractivity contribution in [2.75, 3.05) is 6.54 Å². The Balaban J connectivity index is 1.72. The predicted molar refractivity (Wildman–Crippen MR) is 60.7 cm³/mol. The highest BCUT2D eigenvalue weighted by molar-refractivity contribution is 4.99. The highest BCUT2D eigenvalue weighted by Crippen LogP contribution is 2.41. The quantitative estimate of drug-likeness (QED) is 0.753. The van der Waals surface area contributed by atoms with Crippen LogP contribution in [0.5, 0.6) is 0 Å². The van der Waals surface area contributed by atoms with Crippen LogP contribution in [0.25, 0.3) is 0 Å². The highest BCUT2D eigenvalue weighted by Gasteiger charge is 2.44. The van der Waals surface area contributed by atoms with Gasteiger partial charge in [0.15, 0.2) is 0 Å². The standard InChI is InChI=1S/C13H23NO/c1-13(15)7-11-3-2-4-12(8-13)14(11)9-10-5-6-10/h10-12,15H,2-9H2,1H3/t11-,12+,13?. The van der Waals surface area contributed by atoms with Gasteiger partial charge in [-0.25, -0.2) is 0 Å². The van der Waals surface area contributed by atoms with Gasteiger partial charge in [-0.2, -0.15) is 0 Å². The number of rotatable bonds is 2. The molecule has 0 aromatic heterocycles. The SMILES string of the molecule is CC1(O)C[C@H]2CCC[C@@H](C1)N2CC1CC1. The van der Waals surface area contributed by atoms with Gasteiger partial charge in [-0.3, -0.25) is 4.90 Å². The molecule has 0 spiro atoms. The van der Waals surface area contributed by atoms with E-state index in [1.54, 1.807) is 0 Å². The van der Waals surface area contributed by atoms with E-state index in [1.807, 2.05) is 6.92 Å². The minimum absolute atomic E-state index is 0.379. The first-order chi connectivity index (χ1) is 7.14. The molecule has 2 nitrogen and oxygen atoms in total. The van der Waals surface area contributed by atoms with Crippen molar-refractivity contribution in [3.05, 3.63) is 0 Å². The Morgan fingerprint density at radius 1 is 1.13 bits per heavy atom. The number of aliphatic hydroxyl groups is 1. The molecule has 86 valence electrons. The molecule has 2 saturated heterocycles. The molecule has 3 aliphatic rings. The zero-order valence-corrected chi connectivity index (χ0v) is 9.78. The van der Waals surface area contributed by atoms with Crippen LogP contribution in [0.3, 0.4) is 0 Å². The van der Waals surface area contributed by atoms with Gasteiger partial charge < -0.3 is 5.11 Å². The topological polar surface area (TPSA) is 23.5 Å². The maximum atomic E-state index is 10.2. The molecule has 3 atom stereocenters. The molecular formula is C13H23NO. The number of nitrogens with zero attached hydrogens (tertiary/aromatic N) is 1. The van der Waals surface area contributed by atoms with Crippen molar-refractivity contribution in [1.29, 1.82) is 0 Å². The third kappa shape index (κ3) is 2.07. The predicted octanol–water partition coefficient (Wildman–Crippen LogP) is 2.16. The molecule has 2 heteroatoms. The Morgan fingerprint density at radius 2 is 1.73 bits per heavy atom. The summed E-state index contributed by atoms with van der Waals surface area (Å²) in [4.78, 5) is 2.74. The number of hydrogen-bond donors (Lipinski definition) is 1. The second-order valence-electron chi connectivity index (χ2n) is 6.28. The summed E-state index contributed by atoms with van der Waals surface area (Å²) in [7, 11) is 0. The molecule has 2 aliphatic heterocycles. The number of hydrogen-bond acceptors (Lipinski definition) is 2. The van der Waals surface area contributed by atoms with Crippen molar-refractivity contribution >= 4 is 0 Å². The van der Waals surface area contributed by atoms with Crippen LogP contribution in [0.2, 0.25) is 0 Å². The van der Waals surface area contributed by atoms with Gasteiger partial charge in [-0.05, 0) is 51.4 Å². The van der Waals surface area contributed by atoms with E-state index >= 15 is 0 Å². The Morgan fingerprint density at radius 3 is 2.27 bits per heavy atom. The first-order valence-corrected chi connectivity index (χ1v) is 6.62. The van der Waals surface area contributed by atoms with E-state index < -0.39 is 0 Å². The first-order valence-electron chi connectivity index (χ1n) is 6.62. The van der Waals surface area contributed by atoms with Crippen LogP contribution >= 0.6 is 0 Å². The van der Waals surface area contributed by atoms with Gasteiger partial charge in [0.1, 0.15) is 0 Å². The smallest absolute Gasteiger partial charge is 0.0649 e. The normalized spacial score (nSPS) is 46.8. The molecule has 1 N–H and O–H groups in total. The van der Waals surface area contributed by atoms with E-state index in [-0.39, 0.29) is 5.60 Å². The van der Waals surface area contributed by atoms with Crippen LogP contribution in [-0.2, 0) is 0 Å². The zero-order chi connectivity index (χ0) is 10.5. The fourth-order valence-corrected chi connectivity index (χ4v) is 3.65. The maximum absolute atomic E-state index is 10.2. The molecular weight excluding hydrogens is 186 g/mol. The molecule has 0 radical (unpaired) electrons. The monoisotopic (exact) mass is 209 g/mol. The zero-order valence-electron chi connectivity index (χ0n) is 9.78. The Hall–Kier alpha value is -0.0800. The summed E-state index contributed by atoms with van der Waals surface area (Å²) in [5.74, 6) is 0.996. The fraction of sp³-hybridized carbons (Fsp3) is 1.00. The van der Waals surface area contributed by atoms with Crippen LogP contribution in [-0.4, -0.2) is 34.2 Å². The van der Waals surface area contributed by atoms with Crippen LogP contribution in [0.4, 0.5) is 0 Å². The summed E-state index contributed by atoms with van der Waals surface area (Å²) in [6, 6.07) is 1.38. The lowest BCUT2D eigenvalue weighted by Gasteiger charge is -2.51. The van der Waals surface area contributed by atoms with Crippen molar-refractivity contribution in [2.45, 2.75) is 69.6 Å². The summed E-state index contributed by atoms with van der Waals surface area (Å²) in [5, 5.41) is 10.2. The second-order valence-corrected chi connectivity index (χ2v) is 6.28. The van der Waals surface area contributed by atoms with Gasteiger partial charge >= 0.3 is 0 Å². The van der Waals surface area contributed by atoms with E-state index in [0.717, 1.165) is 18.8 Å². The molecule has 1 saturated carbocycles. The molecule has 2 heterocycles. The summed E-state index contributed by atoms with van der Waals surface area (Å²) in [5.41, 5.74) is -0.379. The molecule has 15 heavy (non-hydrogen) atoms. The van der Waals surface area contributed by atoms with Crippen molar-refractivity contribution < 1.29 is 5.11 Å². The van der Waals surface area contributed by atoms with Gasteiger partial charge in [0.25, 0.3) is 0 Å². The van der Waals surface area contributed by atoms with Gasteiger partial charge in [-0.15, -0.1) is 0 Å². The Labute approximate surface area is 92.7 Å².